The highest BCUT2D eigenvalue weighted by Gasteiger charge is 2.11. The van der Waals surface area contributed by atoms with Gasteiger partial charge in [0.25, 0.3) is 0 Å². The largest absolute Gasteiger partial charge is 0.496 e. The average Bonchev–Trinajstić information content (AvgIpc) is 2.54. The minimum atomic E-state index is -1.17. The van der Waals surface area contributed by atoms with Gasteiger partial charge < -0.3 is 10.1 Å². The van der Waals surface area contributed by atoms with Crippen molar-refractivity contribution in [2.45, 2.75) is 12.2 Å². The van der Waals surface area contributed by atoms with Crippen LogP contribution in [0.3, 0.4) is 0 Å². The Morgan fingerprint density at radius 1 is 1.22 bits per heavy atom. The predicted molar refractivity (Wildman–Crippen MR) is 94.4 cm³/mol. The van der Waals surface area contributed by atoms with E-state index in [4.69, 9.17) is 16.3 Å². The summed E-state index contributed by atoms with van der Waals surface area (Å²) in [4.78, 5) is 11.9. The van der Waals surface area contributed by atoms with E-state index in [0.29, 0.717) is 16.5 Å². The molecule has 0 spiro atoms. The first-order chi connectivity index (χ1) is 11.1. The minimum absolute atomic E-state index is 0.150. The molecule has 0 aliphatic heterocycles. The molecular weight excluding hydrogens is 334 g/mol. The third-order valence-electron chi connectivity index (χ3n) is 3.17. The summed E-state index contributed by atoms with van der Waals surface area (Å²) in [5.41, 5.74) is 1.52. The van der Waals surface area contributed by atoms with Crippen molar-refractivity contribution in [1.29, 1.82) is 0 Å². The van der Waals surface area contributed by atoms with Crippen LogP contribution < -0.4 is 10.1 Å². The van der Waals surface area contributed by atoms with Crippen molar-refractivity contribution in [2.75, 3.05) is 18.2 Å². The van der Waals surface area contributed by atoms with Gasteiger partial charge >= 0.3 is 0 Å². The van der Waals surface area contributed by atoms with Crippen LogP contribution in [-0.2, 0) is 21.3 Å². The molecular formula is C17H18ClNO3S. The van der Waals surface area contributed by atoms with Crippen molar-refractivity contribution < 1.29 is 13.7 Å². The molecule has 6 heteroatoms. The molecule has 4 nitrogen and oxygen atoms in total. The first kappa shape index (κ1) is 17.5. The standard InChI is InChI=1S/C17H18ClNO3S/c1-22-16-8-7-14(18)11-13(16)12-23(21)10-9-17(20)19-15-5-3-2-4-6-15/h2-8,11H,9-10,12H2,1H3,(H,19,20). The van der Waals surface area contributed by atoms with Crippen molar-refractivity contribution >= 4 is 34.0 Å². The molecule has 2 aromatic carbocycles. The summed E-state index contributed by atoms with van der Waals surface area (Å²) in [5.74, 6) is 1.09. The van der Waals surface area contributed by atoms with Crippen molar-refractivity contribution in [3.05, 3.63) is 59.1 Å². The monoisotopic (exact) mass is 351 g/mol. The molecule has 1 amide bonds. The minimum Gasteiger partial charge on any atom is -0.496 e. The maximum atomic E-state index is 12.2. The second kappa shape index (κ2) is 8.70. The van der Waals surface area contributed by atoms with Crippen LogP contribution in [0.2, 0.25) is 5.02 Å². The molecule has 1 N–H and O–H groups in total. The fraction of sp³-hybridized carbons (Fsp3) is 0.235. The summed E-state index contributed by atoms with van der Waals surface area (Å²) in [6, 6.07) is 14.4. The highest BCUT2D eigenvalue weighted by atomic mass is 35.5. The molecule has 0 heterocycles. The number of amides is 1. The number of para-hydroxylation sites is 1. The highest BCUT2D eigenvalue weighted by Crippen LogP contribution is 2.24. The number of carbonyl (C=O) groups is 1. The Balaban J connectivity index is 1.85. The summed E-state index contributed by atoms with van der Waals surface area (Å²) in [7, 11) is 0.389. The van der Waals surface area contributed by atoms with E-state index < -0.39 is 10.8 Å². The van der Waals surface area contributed by atoms with E-state index in [1.54, 1.807) is 25.3 Å². The van der Waals surface area contributed by atoms with E-state index in [1.807, 2.05) is 30.3 Å². The van der Waals surface area contributed by atoms with Gasteiger partial charge in [0.2, 0.25) is 5.91 Å². The summed E-state index contributed by atoms with van der Waals surface area (Å²) in [6.07, 6.45) is 0.199. The van der Waals surface area contributed by atoms with Crippen LogP contribution in [0.15, 0.2) is 48.5 Å². The number of benzene rings is 2. The molecule has 0 radical (unpaired) electrons. The van der Waals surface area contributed by atoms with E-state index in [-0.39, 0.29) is 18.1 Å². The van der Waals surface area contributed by atoms with Crippen LogP contribution in [0.5, 0.6) is 5.75 Å². The van der Waals surface area contributed by atoms with Gasteiger partial charge in [0.1, 0.15) is 5.75 Å². The lowest BCUT2D eigenvalue weighted by Crippen LogP contribution is -2.15. The molecule has 0 aliphatic rings. The maximum absolute atomic E-state index is 12.2. The Kier molecular flexibility index (Phi) is 6.62. The quantitative estimate of drug-likeness (QED) is 0.828. The third-order valence-corrected chi connectivity index (χ3v) is 4.70. The Morgan fingerprint density at radius 3 is 2.65 bits per heavy atom. The average molecular weight is 352 g/mol. The van der Waals surface area contributed by atoms with Crippen molar-refractivity contribution in [3.8, 4) is 5.75 Å². The number of methoxy groups -OCH3 is 1. The fourth-order valence-electron chi connectivity index (χ4n) is 2.06. The van der Waals surface area contributed by atoms with Gasteiger partial charge in [0.05, 0.1) is 12.9 Å². The zero-order chi connectivity index (χ0) is 16.7. The molecule has 0 aromatic heterocycles. The number of ether oxygens (including phenoxy) is 1. The van der Waals surface area contributed by atoms with E-state index in [2.05, 4.69) is 5.32 Å². The molecule has 23 heavy (non-hydrogen) atoms. The zero-order valence-electron chi connectivity index (χ0n) is 12.8. The molecule has 122 valence electrons. The van der Waals surface area contributed by atoms with E-state index >= 15 is 0 Å². The van der Waals surface area contributed by atoms with Gasteiger partial charge in [-0.05, 0) is 30.3 Å². The van der Waals surface area contributed by atoms with Gasteiger partial charge in [-0.2, -0.15) is 0 Å². The van der Waals surface area contributed by atoms with E-state index in [1.165, 1.54) is 0 Å². The van der Waals surface area contributed by atoms with Crippen LogP contribution in [-0.4, -0.2) is 23.0 Å². The van der Waals surface area contributed by atoms with Crippen LogP contribution in [0.25, 0.3) is 0 Å². The van der Waals surface area contributed by atoms with Crippen LogP contribution in [0.1, 0.15) is 12.0 Å². The smallest absolute Gasteiger partial charge is 0.225 e. The van der Waals surface area contributed by atoms with Crippen LogP contribution in [0.4, 0.5) is 5.69 Å². The molecule has 2 aromatic rings. The van der Waals surface area contributed by atoms with Crippen LogP contribution >= 0.6 is 11.6 Å². The van der Waals surface area contributed by atoms with Crippen LogP contribution in [0, 0.1) is 0 Å². The van der Waals surface area contributed by atoms with Gasteiger partial charge in [-0.1, -0.05) is 29.8 Å². The highest BCUT2D eigenvalue weighted by molar-refractivity contribution is 7.84. The fourth-order valence-corrected chi connectivity index (χ4v) is 3.38. The zero-order valence-corrected chi connectivity index (χ0v) is 14.3. The third kappa shape index (κ3) is 5.69. The molecule has 2 rings (SSSR count). The number of anilines is 1. The van der Waals surface area contributed by atoms with Gasteiger partial charge in [-0.15, -0.1) is 0 Å². The molecule has 0 fully saturated rings. The topological polar surface area (TPSA) is 55.4 Å². The number of rotatable bonds is 7. The number of nitrogens with one attached hydrogen (secondary N) is 1. The summed E-state index contributed by atoms with van der Waals surface area (Å²) in [6.45, 7) is 0. The van der Waals surface area contributed by atoms with Crippen molar-refractivity contribution in [2.24, 2.45) is 0 Å². The number of hydrogen-bond donors (Lipinski definition) is 1. The summed E-state index contributed by atoms with van der Waals surface area (Å²) in [5, 5.41) is 3.34. The van der Waals surface area contributed by atoms with Crippen molar-refractivity contribution in [3.63, 3.8) is 0 Å². The van der Waals surface area contributed by atoms with E-state index in [0.717, 1.165) is 11.3 Å². The molecule has 0 saturated carbocycles. The summed E-state index contributed by atoms with van der Waals surface area (Å²) < 4.78 is 17.4. The lowest BCUT2D eigenvalue weighted by molar-refractivity contribution is -0.115. The number of hydrogen-bond acceptors (Lipinski definition) is 3. The summed E-state index contributed by atoms with van der Waals surface area (Å²) >= 11 is 5.96. The predicted octanol–water partition coefficient (Wildman–Crippen LogP) is 3.63. The Morgan fingerprint density at radius 2 is 1.96 bits per heavy atom. The Bertz CT molecular complexity index is 691. The Hall–Kier alpha value is -1.85. The molecule has 0 aliphatic carbocycles. The normalized spacial score (nSPS) is 11.7. The first-order valence-corrected chi connectivity index (χ1v) is 8.97. The molecule has 1 atom stereocenters. The molecule has 0 saturated heterocycles. The van der Waals surface area contributed by atoms with Gasteiger partial charge in [-0.3, -0.25) is 9.00 Å². The van der Waals surface area contributed by atoms with Gasteiger partial charge in [-0.25, -0.2) is 0 Å². The number of halogens is 1. The van der Waals surface area contributed by atoms with Gasteiger partial charge in [0, 0.05) is 39.2 Å². The first-order valence-electron chi connectivity index (χ1n) is 7.11. The second-order valence-corrected chi connectivity index (χ2v) is 6.92. The molecule has 0 bridgehead atoms. The lowest BCUT2D eigenvalue weighted by atomic mass is 10.2. The van der Waals surface area contributed by atoms with Crippen molar-refractivity contribution in [1.82, 2.24) is 0 Å². The number of carbonyl (C=O) groups excluding carboxylic acids is 1. The maximum Gasteiger partial charge on any atom is 0.225 e. The van der Waals surface area contributed by atoms with Gasteiger partial charge in [0.15, 0.2) is 0 Å². The van der Waals surface area contributed by atoms with E-state index in [9.17, 15) is 9.00 Å². The lowest BCUT2D eigenvalue weighted by Gasteiger charge is -2.09. The Labute approximate surface area is 143 Å². The SMILES string of the molecule is COc1ccc(Cl)cc1CS(=O)CCC(=O)Nc1ccccc1. The molecule has 1 unspecified atom stereocenters. The second-order valence-electron chi connectivity index (χ2n) is 4.91.